The van der Waals surface area contributed by atoms with Gasteiger partial charge in [0, 0.05) is 13.0 Å². The third kappa shape index (κ3) is 53.2. The highest BCUT2D eigenvalue weighted by atomic mass is 16.5. The van der Waals surface area contributed by atoms with Crippen LogP contribution in [0.3, 0.4) is 0 Å². The molecule has 0 fully saturated rings. The topological polar surface area (TPSA) is 46.5 Å². The highest BCUT2D eigenvalue weighted by Crippen LogP contribution is 2.18. The standard InChI is InChI=1S/C55H108O3/c1-2-3-4-5-6-7-8-9-10-28-31-34-37-40-43-46-49-52-55(57)58-54-51-48-45-42-39-36-33-30-27-25-23-21-19-17-15-13-11-12-14-16-18-20-22-24-26-29-32-35-38-41-44-47-50-53-56/h9-10,56H,2-8,11-54H2,1H3. The molecule has 3 heteroatoms. The van der Waals surface area contributed by atoms with E-state index in [2.05, 4.69) is 19.1 Å². The maximum atomic E-state index is 12.0. The third-order valence-corrected chi connectivity index (χ3v) is 12.7. The Hall–Kier alpha value is -0.830. The van der Waals surface area contributed by atoms with E-state index in [1.54, 1.807) is 0 Å². The summed E-state index contributed by atoms with van der Waals surface area (Å²) >= 11 is 0. The molecule has 0 aliphatic carbocycles. The van der Waals surface area contributed by atoms with Crippen molar-refractivity contribution in [2.24, 2.45) is 0 Å². The van der Waals surface area contributed by atoms with Crippen LogP contribution in [0.15, 0.2) is 12.2 Å². The number of hydrogen-bond donors (Lipinski definition) is 1. The van der Waals surface area contributed by atoms with Gasteiger partial charge in [-0.05, 0) is 44.9 Å². The van der Waals surface area contributed by atoms with Gasteiger partial charge in [0.05, 0.1) is 6.61 Å². The lowest BCUT2D eigenvalue weighted by Crippen LogP contribution is -2.05. The largest absolute Gasteiger partial charge is 0.466 e. The van der Waals surface area contributed by atoms with E-state index in [-0.39, 0.29) is 5.97 Å². The lowest BCUT2D eigenvalue weighted by atomic mass is 10.0. The van der Waals surface area contributed by atoms with Crippen molar-refractivity contribution in [1.29, 1.82) is 0 Å². The van der Waals surface area contributed by atoms with Crippen molar-refractivity contribution < 1.29 is 14.6 Å². The maximum Gasteiger partial charge on any atom is 0.305 e. The minimum Gasteiger partial charge on any atom is -0.466 e. The van der Waals surface area contributed by atoms with Crippen LogP contribution in [0.5, 0.6) is 0 Å². The number of hydrogen-bond acceptors (Lipinski definition) is 3. The molecule has 0 amide bonds. The summed E-state index contributed by atoms with van der Waals surface area (Å²) in [4.78, 5) is 12.0. The minimum absolute atomic E-state index is 0.0239. The van der Waals surface area contributed by atoms with Gasteiger partial charge in [-0.25, -0.2) is 0 Å². The Labute approximate surface area is 366 Å². The molecule has 0 saturated heterocycles. The lowest BCUT2D eigenvalue weighted by Gasteiger charge is -2.06. The van der Waals surface area contributed by atoms with Crippen molar-refractivity contribution in [2.45, 2.75) is 322 Å². The molecule has 346 valence electrons. The van der Waals surface area contributed by atoms with Gasteiger partial charge in [0.2, 0.25) is 0 Å². The molecule has 0 heterocycles. The summed E-state index contributed by atoms with van der Waals surface area (Å²) in [6.45, 7) is 3.28. The maximum absolute atomic E-state index is 12.0. The van der Waals surface area contributed by atoms with E-state index in [1.807, 2.05) is 0 Å². The monoisotopic (exact) mass is 817 g/mol. The predicted octanol–water partition coefficient (Wildman–Crippen LogP) is 19.2. The van der Waals surface area contributed by atoms with E-state index in [4.69, 9.17) is 9.84 Å². The molecule has 0 saturated carbocycles. The number of carbonyl (C=O) groups excluding carboxylic acids is 1. The average Bonchev–Trinajstić information content (AvgIpc) is 3.23. The molecule has 1 N–H and O–H groups in total. The number of carbonyl (C=O) groups is 1. The first-order chi connectivity index (χ1) is 28.8. The van der Waals surface area contributed by atoms with E-state index < -0.39 is 0 Å². The Morgan fingerprint density at radius 3 is 0.862 bits per heavy atom. The van der Waals surface area contributed by atoms with Crippen LogP contribution in [0.4, 0.5) is 0 Å². The molecule has 0 aromatic rings. The molecule has 0 atom stereocenters. The molecule has 0 aliphatic rings. The highest BCUT2D eigenvalue weighted by Gasteiger charge is 2.03. The van der Waals surface area contributed by atoms with E-state index in [1.165, 1.54) is 289 Å². The Morgan fingerprint density at radius 2 is 0.569 bits per heavy atom. The summed E-state index contributed by atoms with van der Waals surface area (Å²) in [7, 11) is 0. The normalized spacial score (nSPS) is 11.7. The zero-order valence-corrected chi connectivity index (χ0v) is 40.0. The van der Waals surface area contributed by atoms with Crippen LogP contribution in [-0.4, -0.2) is 24.3 Å². The fourth-order valence-electron chi connectivity index (χ4n) is 8.65. The van der Waals surface area contributed by atoms with Gasteiger partial charge in [-0.15, -0.1) is 0 Å². The molecule has 0 radical (unpaired) electrons. The van der Waals surface area contributed by atoms with Crippen LogP contribution in [-0.2, 0) is 9.53 Å². The third-order valence-electron chi connectivity index (χ3n) is 12.7. The molecule has 0 unspecified atom stereocenters. The first kappa shape index (κ1) is 57.2. The van der Waals surface area contributed by atoms with Gasteiger partial charge < -0.3 is 9.84 Å². The molecule has 3 nitrogen and oxygen atoms in total. The molecule has 0 aliphatic heterocycles. The van der Waals surface area contributed by atoms with Crippen molar-refractivity contribution in [3.8, 4) is 0 Å². The summed E-state index contributed by atoms with van der Waals surface area (Å²) in [5.74, 6) is 0.0239. The summed E-state index contributed by atoms with van der Waals surface area (Å²) in [6, 6.07) is 0. The summed E-state index contributed by atoms with van der Waals surface area (Å²) in [6.07, 6.45) is 71.0. The average molecular weight is 817 g/mol. The van der Waals surface area contributed by atoms with Crippen molar-refractivity contribution in [3.05, 3.63) is 12.2 Å². The van der Waals surface area contributed by atoms with Crippen molar-refractivity contribution in [2.75, 3.05) is 13.2 Å². The number of aliphatic hydroxyl groups is 1. The van der Waals surface area contributed by atoms with Crippen LogP contribution in [0.25, 0.3) is 0 Å². The summed E-state index contributed by atoms with van der Waals surface area (Å²) in [5, 5.41) is 8.82. The zero-order valence-electron chi connectivity index (χ0n) is 40.0. The minimum atomic E-state index is 0.0239. The number of unbranched alkanes of at least 4 members (excludes halogenated alkanes) is 45. The molecule has 58 heavy (non-hydrogen) atoms. The molecular weight excluding hydrogens is 709 g/mol. The van der Waals surface area contributed by atoms with E-state index in [0.717, 1.165) is 19.3 Å². The van der Waals surface area contributed by atoms with Gasteiger partial charge in [0.1, 0.15) is 0 Å². The van der Waals surface area contributed by atoms with Crippen molar-refractivity contribution in [1.82, 2.24) is 0 Å². The molecule has 0 bridgehead atoms. The zero-order chi connectivity index (χ0) is 41.8. The fourth-order valence-corrected chi connectivity index (χ4v) is 8.65. The second-order valence-electron chi connectivity index (χ2n) is 18.7. The first-order valence-corrected chi connectivity index (χ1v) is 27.2. The SMILES string of the molecule is CCCCCCCCC=CCCCCCCCCCC(=O)OCCCCCCCCCCCCCCCCCCCCCCCCCCCCCCCCCCCO. The Bertz CT molecular complexity index is 762. The fraction of sp³-hybridized carbons (Fsp3) is 0.945. The molecule has 0 rings (SSSR count). The number of esters is 1. The van der Waals surface area contributed by atoms with Gasteiger partial charge in [0.15, 0.2) is 0 Å². The predicted molar refractivity (Wildman–Crippen MR) is 259 cm³/mol. The summed E-state index contributed by atoms with van der Waals surface area (Å²) in [5.41, 5.74) is 0. The highest BCUT2D eigenvalue weighted by molar-refractivity contribution is 5.69. The number of aliphatic hydroxyl groups excluding tert-OH is 1. The van der Waals surface area contributed by atoms with Gasteiger partial charge in [-0.2, -0.15) is 0 Å². The summed E-state index contributed by atoms with van der Waals surface area (Å²) < 4.78 is 5.49. The quantitative estimate of drug-likeness (QED) is 0.0378. The van der Waals surface area contributed by atoms with E-state index in [0.29, 0.717) is 19.6 Å². The van der Waals surface area contributed by atoms with Gasteiger partial charge >= 0.3 is 5.97 Å². The number of ether oxygens (including phenoxy) is 1. The van der Waals surface area contributed by atoms with Crippen LogP contribution in [0.2, 0.25) is 0 Å². The molecular formula is C55H108O3. The van der Waals surface area contributed by atoms with Gasteiger partial charge in [-0.3, -0.25) is 4.79 Å². The molecule has 0 spiro atoms. The van der Waals surface area contributed by atoms with Crippen LogP contribution in [0.1, 0.15) is 322 Å². The number of rotatable bonds is 52. The second kappa shape index (κ2) is 54.2. The Kier molecular flexibility index (Phi) is 53.4. The van der Waals surface area contributed by atoms with E-state index >= 15 is 0 Å². The molecule has 0 aromatic carbocycles. The molecule has 0 aromatic heterocycles. The Morgan fingerprint density at radius 1 is 0.328 bits per heavy atom. The van der Waals surface area contributed by atoms with Crippen LogP contribution >= 0.6 is 0 Å². The van der Waals surface area contributed by atoms with Gasteiger partial charge in [0.25, 0.3) is 0 Å². The van der Waals surface area contributed by atoms with Crippen molar-refractivity contribution >= 4 is 5.97 Å². The second-order valence-corrected chi connectivity index (χ2v) is 18.7. The first-order valence-electron chi connectivity index (χ1n) is 27.2. The van der Waals surface area contributed by atoms with E-state index in [9.17, 15) is 4.79 Å². The van der Waals surface area contributed by atoms with Crippen LogP contribution in [0, 0.1) is 0 Å². The lowest BCUT2D eigenvalue weighted by molar-refractivity contribution is -0.143. The van der Waals surface area contributed by atoms with Crippen molar-refractivity contribution in [3.63, 3.8) is 0 Å². The number of allylic oxidation sites excluding steroid dienone is 2. The smallest absolute Gasteiger partial charge is 0.305 e. The van der Waals surface area contributed by atoms with Crippen LogP contribution < -0.4 is 0 Å². The Balaban J connectivity index is 3.15. The van der Waals surface area contributed by atoms with Gasteiger partial charge in [-0.1, -0.05) is 282 Å².